The number of nitrogens with zero attached hydrogens (tertiary/aromatic N) is 2. The summed E-state index contributed by atoms with van der Waals surface area (Å²) in [5.74, 6) is 0. The summed E-state index contributed by atoms with van der Waals surface area (Å²) in [4.78, 5) is 15.7. The molecular weight excluding hydrogens is 323 g/mol. The minimum atomic E-state index is -1.69. The Morgan fingerprint density at radius 2 is 1.84 bits per heavy atom. The van der Waals surface area contributed by atoms with E-state index in [1.165, 1.54) is 4.90 Å². The molecule has 1 aromatic rings. The third-order valence-corrected chi connectivity index (χ3v) is 5.09. The molecule has 138 valence electrons. The average molecular weight is 350 g/mol. The highest BCUT2D eigenvalue weighted by molar-refractivity contribution is 5.69. The summed E-state index contributed by atoms with van der Waals surface area (Å²) < 4.78 is 20.8. The number of amides is 1. The Morgan fingerprint density at radius 3 is 2.40 bits per heavy atom. The van der Waals surface area contributed by atoms with Gasteiger partial charge in [-0.2, -0.15) is 0 Å². The van der Waals surface area contributed by atoms with E-state index in [2.05, 4.69) is 0 Å². The molecule has 1 aromatic carbocycles. The van der Waals surface area contributed by atoms with Gasteiger partial charge >= 0.3 is 6.09 Å². The summed E-state index contributed by atoms with van der Waals surface area (Å²) in [7, 11) is 0. The molecule has 2 aliphatic heterocycles. The molecule has 3 rings (SSSR count). The number of aliphatic hydroxyl groups is 1. The lowest BCUT2D eigenvalue weighted by molar-refractivity contribution is -0.105. The number of halogens is 1. The first-order chi connectivity index (χ1) is 11.7. The number of carbonyl (C=O) groups is 1. The predicted octanol–water partition coefficient (Wildman–Crippen LogP) is 2.44. The summed E-state index contributed by atoms with van der Waals surface area (Å²) in [6, 6.07) is 9.90. The van der Waals surface area contributed by atoms with Crippen molar-refractivity contribution in [3.8, 4) is 0 Å². The molecule has 1 N–H and O–H groups in total. The van der Waals surface area contributed by atoms with E-state index in [1.54, 1.807) is 0 Å². The molecule has 0 aromatic heterocycles. The van der Waals surface area contributed by atoms with Crippen LogP contribution < -0.4 is 0 Å². The molecule has 0 radical (unpaired) electrons. The largest absolute Gasteiger partial charge is 0.444 e. The summed E-state index contributed by atoms with van der Waals surface area (Å²) in [5, 5.41) is 9.68. The number of hydrogen-bond donors (Lipinski definition) is 1. The van der Waals surface area contributed by atoms with Gasteiger partial charge in [0.15, 0.2) is 5.67 Å². The zero-order valence-corrected chi connectivity index (χ0v) is 15.2. The minimum absolute atomic E-state index is 0.181. The van der Waals surface area contributed by atoms with Gasteiger partial charge in [-0.1, -0.05) is 30.3 Å². The number of benzene rings is 1. The molecular formula is C19H27FN2O3. The molecule has 1 amide bonds. The van der Waals surface area contributed by atoms with Crippen molar-refractivity contribution < 1.29 is 19.0 Å². The van der Waals surface area contributed by atoms with E-state index in [0.29, 0.717) is 13.1 Å². The van der Waals surface area contributed by atoms with Crippen molar-refractivity contribution in [3.05, 3.63) is 35.9 Å². The average Bonchev–Trinajstić information content (AvgIpc) is 2.78. The molecule has 2 aliphatic rings. The van der Waals surface area contributed by atoms with E-state index < -0.39 is 29.4 Å². The number of likely N-dealkylation sites (tertiary alicyclic amines) is 2. The summed E-state index contributed by atoms with van der Waals surface area (Å²) >= 11 is 0. The first kappa shape index (κ1) is 18.1. The predicted molar refractivity (Wildman–Crippen MR) is 92.9 cm³/mol. The third kappa shape index (κ3) is 3.51. The van der Waals surface area contributed by atoms with E-state index in [9.17, 15) is 9.90 Å². The van der Waals surface area contributed by atoms with Gasteiger partial charge in [0.1, 0.15) is 5.60 Å². The smallest absolute Gasteiger partial charge is 0.410 e. The Bertz CT molecular complexity index is 625. The lowest BCUT2D eigenvalue weighted by Crippen LogP contribution is -2.68. The van der Waals surface area contributed by atoms with Gasteiger partial charge < -0.3 is 14.7 Å². The van der Waals surface area contributed by atoms with Crippen LogP contribution >= 0.6 is 0 Å². The van der Waals surface area contributed by atoms with Gasteiger partial charge in [0.05, 0.1) is 12.0 Å². The van der Waals surface area contributed by atoms with Crippen LogP contribution in [0.1, 0.15) is 26.3 Å². The zero-order valence-electron chi connectivity index (χ0n) is 15.2. The number of aliphatic hydroxyl groups excluding tert-OH is 1. The fraction of sp³-hybridized carbons (Fsp3) is 0.632. The zero-order chi connectivity index (χ0) is 18.3. The van der Waals surface area contributed by atoms with Gasteiger partial charge in [0.2, 0.25) is 0 Å². The van der Waals surface area contributed by atoms with Crippen molar-refractivity contribution in [1.82, 2.24) is 9.80 Å². The van der Waals surface area contributed by atoms with Crippen LogP contribution in [-0.2, 0) is 11.3 Å². The SMILES string of the molecule is CC(C)(C)OC(=O)N1CC2(CN(Cc3ccccc3)C[C@]2(F)CO)C1. The number of hydrogen-bond acceptors (Lipinski definition) is 4. The van der Waals surface area contributed by atoms with Crippen LogP contribution in [0.5, 0.6) is 0 Å². The second kappa shape index (κ2) is 6.25. The molecule has 1 atom stereocenters. The number of alkyl halides is 1. The second-order valence-corrected chi connectivity index (χ2v) is 8.37. The van der Waals surface area contributed by atoms with Gasteiger partial charge in [-0.05, 0) is 26.3 Å². The quantitative estimate of drug-likeness (QED) is 0.910. The molecule has 2 heterocycles. The molecule has 2 fully saturated rings. The Hall–Kier alpha value is -1.66. The summed E-state index contributed by atoms with van der Waals surface area (Å²) in [6.45, 7) is 6.81. The van der Waals surface area contributed by atoms with E-state index in [-0.39, 0.29) is 19.6 Å². The summed E-state index contributed by atoms with van der Waals surface area (Å²) in [5.41, 5.74) is -1.87. The molecule has 0 unspecified atom stereocenters. The number of carbonyl (C=O) groups excluding carboxylic acids is 1. The van der Waals surface area contributed by atoms with E-state index in [0.717, 1.165) is 5.56 Å². The Labute approximate surface area is 148 Å². The lowest BCUT2D eigenvalue weighted by atomic mass is 9.70. The molecule has 6 heteroatoms. The molecule has 2 saturated heterocycles. The van der Waals surface area contributed by atoms with Crippen molar-refractivity contribution >= 4 is 6.09 Å². The van der Waals surface area contributed by atoms with Crippen molar-refractivity contribution in [3.63, 3.8) is 0 Å². The Kier molecular flexibility index (Phi) is 4.54. The van der Waals surface area contributed by atoms with E-state index in [1.807, 2.05) is 56.0 Å². The maximum atomic E-state index is 15.4. The highest BCUT2D eigenvalue weighted by atomic mass is 19.1. The molecule has 0 saturated carbocycles. The van der Waals surface area contributed by atoms with Crippen molar-refractivity contribution in [1.29, 1.82) is 0 Å². The van der Waals surface area contributed by atoms with Crippen LogP contribution in [0.25, 0.3) is 0 Å². The van der Waals surface area contributed by atoms with E-state index in [4.69, 9.17) is 4.74 Å². The highest BCUT2D eigenvalue weighted by Gasteiger charge is 2.65. The third-order valence-electron chi connectivity index (χ3n) is 5.09. The molecule has 5 nitrogen and oxygen atoms in total. The highest BCUT2D eigenvalue weighted by Crippen LogP contribution is 2.49. The van der Waals surface area contributed by atoms with Crippen molar-refractivity contribution in [2.24, 2.45) is 5.41 Å². The van der Waals surface area contributed by atoms with Crippen molar-refractivity contribution in [2.75, 3.05) is 32.8 Å². The molecule has 1 spiro atoms. The lowest BCUT2D eigenvalue weighted by Gasteiger charge is -2.52. The fourth-order valence-electron chi connectivity index (χ4n) is 3.84. The number of ether oxygens (including phenoxy) is 1. The topological polar surface area (TPSA) is 53.0 Å². The van der Waals surface area contributed by atoms with Gasteiger partial charge in [0.25, 0.3) is 0 Å². The van der Waals surface area contributed by atoms with E-state index >= 15 is 4.39 Å². The van der Waals surface area contributed by atoms with Crippen LogP contribution in [0, 0.1) is 5.41 Å². The standard InChI is InChI=1S/C19H27FN2O3/c1-17(2,3)25-16(24)22-11-18(12-22)10-21(13-19(18,20)14-23)9-15-7-5-4-6-8-15/h4-8,23H,9-14H2,1-3H3/t19-/m0/s1. The maximum Gasteiger partial charge on any atom is 0.410 e. The van der Waals surface area contributed by atoms with Gasteiger partial charge in [-0.15, -0.1) is 0 Å². The summed E-state index contributed by atoms with van der Waals surface area (Å²) in [6.07, 6.45) is -0.417. The number of rotatable bonds is 3. The Morgan fingerprint density at radius 1 is 1.20 bits per heavy atom. The van der Waals surface area contributed by atoms with Gasteiger partial charge in [-0.25, -0.2) is 9.18 Å². The van der Waals surface area contributed by atoms with Gasteiger partial charge in [0, 0.05) is 32.7 Å². The molecule has 25 heavy (non-hydrogen) atoms. The van der Waals surface area contributed by atoms with Gasteiger partial charge in [-0.3, -0.25) is 4.90 Å². The first-order valence-corrected chi connectivity index (χ1v) is 8.70. The molecule has 0 bridgehead atoms. The fourth-order valence-corrected chi connectivity index (χ4v) is 3.84. The van der Waals surface area contributed by atoms with Crippen molar-refractivity contribution in [2.45, 2.75) is 38.6 Å². The normalized spacial score (nSPS) is 25.9. The van der Waals surface area contributed by atoms with Crippen LogP contribution in [-0.4, -0.2) is 65.1 Å². The van der Waals surface area contributed by atoms with Crippen LogP contribution in [0.4, 0.5) is 9.18 Å². The monoisotopic (exact) mass is 350 g/mol. The van der Waals surface area contributed by atoms with Crippen LogP contribution in [0.15, 0.2) is 30.3 Å². The Balaban J connectivity index is 1.66. The van der Waals surface area contributed by atoms with Crippen LogP contribution in [0.3, 0.4) is 0 Å². The first-order valence-electron chi connectivity index (χ1n) is 8.70. The molecule has 0 aliphatic carbocycles. The second-order valence-electron chi connectivity index (χ2n) is 8.37. The maximum absolute atomic E-state index is 15.4. The minimum Gasteiger partial charge on any atom is -0.444 e. The van der Waals surface area contributed by atoms with Crippen LogP contribution in [0.2, 0.25) is 0 Å².